The molecular weight excluding hydrogens is 547 g/mol. The normalized spacial score (nSPS) is 20.6. The number of amides is 2. The average molecular weight is 579 g/mol. The number of nitrogens with one attached hydrogen (secondary N) is 2. The number of rotatable bonds is 10. The van der Waals surface area contributed by atoms with E-state index in [4.69, 9.17) is 37.4 Å². The Morgan fingerprint density at radius 1 is 0.923 bits per heavy atom. The standard InChI is InChI=1S/C28H32Cl2N2O7/c29-21-8-5-9-22(30)20(21)15-37-19-12-10-17(11-13-19)14-23(28(35)36)32-27(34)25-24(38-16-39-25)26(33)31-18-6-3-1-2-4-7-18/h5,8-13,18,23-25H,1-4,6-7,14-16H2,(H,31,33)(H,32,34)(H,35,36). The Balaban J connectivity index is 1.32. The van der Waals surface area contributed by atoms with E-state index in [0.717, 1.165) is 38.5 Å². The first-order valence-corrected chi connectivity index (χ1v) is 13.8. The lowest BCUT2D eigenvalue weighted by molar-refractivity contribution is -0.144. The van der Waals surface area contributed by atoms with E-state index >= 15 is 0 Å². The van der Waals surface area contributed by atoms with Gasteiger partial charge in [0.25, 0.3) is 11.8 Å². The lowest BCUT2D eigenvalue weighted by Crippen LogP contribution is -2.53. The Kier molecular flexibility index (Phi) is 10.4. The van der Waals surface area contributed by atoms with Crippen molar-refractivity contribution in [1.29, 1.82) is 0 Å². The Hall–Kier alpha value is -2.85. The summed E-state index contributed by atoms with van der Waals surface area (Å²) in [5.41, 5.74) is 1.33. The van der Waals surface area contributed by atoms with Gasteiger partial charge in [-0.15, -0.1) is 0 Å². The summed E-state index contributed by atoms with van der Waals surface area (Å²) in [5.74, 6) is -1.79. The molecule has 0 spiro atoms. The van der Waals surface area contributed by atoms with Crippen molar-refractivity contribution in [3.05, 3.63) is 63.6 Å². The lowest BCUT2D eigenvalue weighted by Gasteiger charge is -2.22. The third kappa shape index (κ3) is 8.08. The van der Waals surface area contributed by atoms with E-state index in [1.54, 1.807) is 42.5 Å². The van der Waals surface area contributed by atoms with Crippen LogP contribution in [0.15, 0.2) is 42.5 Å². The molecule has 210 valence electrons. The van der Waals surface area contributed by atoms with Gasteiger partial charge in [-0.1, -0.05) is 67.1 Å². The highest BCUT2D eigenvalue weighted by atomic mass is 35.5. The number of aliphatic carboxylic acids is 1. The number of carbonyl (C=O) groups is 3. The molecule has 1 aliphatic carbocycles. The summed E-state index contributed by atoms with van der Waals surface area (Å²) < 4.78 is 16.5. The van der Waals surface area contributed by atoms with Crippen LogP contribution in [-0.2, 0) is 36.9 Å². The summed E-state index contributed by atoms with van der Waals surface area (Å²) in [4.78, 5) is 37.7. The third-order valence-electron chi connectivity index (χ3n) is 6.91. The van der Waals surface area contributed by atoms with Gasteiger partial charge in [-0.2, -0.15) is 0 Å². The number of ether oxygens (including phenoxy) is 3. The quantitative estimate of drug-likeness (QED) is 0.360. The first-order valence-electron chi connectivity index (χ1n) is 13.0. The van der Waals surface area contributed by atoms with Crippen molar-refractivity contribution in [2.45, 2.75) is 75.8 Å². The van der Waals surface area contributed by atoms with Gasteiger partial charge in [0.15, 0.2) is 12.2 Å². The molecule has 3 unspecified atom stereocenters. The summed E-state index contributed by atoms with van der Waals surface area (Å²) >= 11 is 12.4. The molecule has 39 heavy (non-hydrogen) atoms. The van der Waals surface area contributed by atoms with Gasteiger partial charge < -0.3 is 30.0 Å². The van der Waals surface area contributed by atoms with Gasteiger partial charge in [-0.3, -0.25) is 9.59 Å². The van der Waals surface area contributed by atoms with Crippen molar-refractivity contribution in [2.24, 2.45) is 0 Å². The Morgan fingerprint density at radius 3 is 2.15 bits per heavy atom. The van der Waals surface area contributed by atoms with Gasteiger partial charge in [-0.05, 0) is 42.7 Å². The van der Waals surface area contributed by atoms with Gasteiger partial charge >= 0.3 is 5.97 Å². The SMILES string of the molecule is O=C(O)C(Cc1ccc(OCc2c(Cl)cccc2Cl)cc1)NC(=O)C1OCOC1C(=O)NC1CCCCCC1. The van der Waals surface area contributed by atoms with Crippen LogP contribution in [0.1, 0.15) is 49.7 Å². The maximum absolute atomic E-state index is 12.9. The predicted molar refractivity (Wildman–Crippen MR) is 145 cm³/mol. The predicted octanol–water partition coefficient (Wildman–Crippen LogP) is 4.26. The van der Waals surface area contributed by atoms with E-state index in [1.807, 2.05) is 0 Å². The summed E-state index contributed by atoms with van der Waals surface area (Å²) in [5, 5.41) is 16.2. The van der Waals surface area contributed by atoms with Crippen molar-refractivity contribution in [1.82, 2.24) is 10.6 Å². The van der Waals surface area contributed by atoms with E-state index in [0.29, 0.717) is 26.9 Å². The molecule has 2 aromatic carbocycles. The molecule has 0 aromatic heterocycles. The van der Waals surface area contributed by atoms with E-state index in [9.17, 15) is 19.5 Å². The Morgan fingerprint density at radius 2 is 1.54 bits per heavy atom. The van der Waals surface area contributed by atoms with Crippen LogP contribution < -0.4 is 15.4 Å². The molecule has 9 nitrogen and oxygen atoms in total. The van der Waals surface area contributed by atoms with Gasteiger partial charge in [0.1, 0.15) is 25.2 Å². The molecule has 2 aromatic rings. The molecule has 1 saturated carbocycles. The fourth-order valence-electron chi connectivity index (χ4n) is 4.73. The maximum atomic E-state index is 12.9. The van der Waals surface area contributed by atoms with Crippen molar-refractivity contribution >= 4 is 41.0 Å². The number of hydrogen-bond acceptors (Lipinski definition) is 6. The smallest absolute Gasteiger partial charge is 0.326 e. The van der Waals surface area contributed by atoms with Crippen molar-refractivity contribution in [3.63, 3.8) is 0 Å². The van der Waals surface area contributed by atoms with Crippen LogP contribution in [0.3, 0.4) is 0 Å². The molecule has 2 fully saturated rings. The summed E-state index contributed by atoms with van der Waals surface area (Å²) in [6, 6.07) is 10.8. The van der Waals surface area contributed by atoms with E-state index in [1.165, 1.54) is 0 Å². The summed E-state index contributed by atoms with van der Waals surface area (Å²) in [6.45, 7) is -0.0515. The fraction of sp³-hybridized carbons (Fsp3) is 0.464. The molecule has 11 heteroatoms. The maximum Gasteiger partial charge on any atom is 0.326 e. The van der Waals surface area contributed by atoms with E-state index < -0.39 is 36.0 Å². The lowest BCUT2D eigenvalue weighted by atomic mass is 10.0. The van der Waals surface area contributed by atoms with Crippen LogP contribution in [0, 0.1) is 0 Å². The second kappa shape index (κ2) is 14.0. The van der Waals surface area contributed by atoms with Gasteiger partial charge in [0.2, 0.25) is 0 Å². The largest absolute Gasteiger partial charge is 0.489 e. The molecular formula is C28H32Cl2N2O7. The van der Waals surface area contributed by atoms with Crippen LogP contribution >= 0.6 is 23.2 Å². The number of carboxylic acid groups (broad SMARTS) is 1. The molecule has 1 heterocycles. The van der Waals surface area contributed by atoms with Crippen LogP contribution in [0.2, 0.25) is 10.0 Å². The average Bonchev–Trinajstić information content (AvgIpc) is 3.27. The van der Waals surface area contributed by atoms with Gasteiger partial charge in [-0.25, -0.2) is 4.79 Å². The van der Waals surface area contributed by atoms with E-state index in [2.05, 4.69) is 10.6 Å². The Labute approximate surface area is 237 Å². The molecule has 1 aliphatic heterocycles. The first-order chi connectivity index (χ1) is 18.8. The van der Waals surface area contributed by atoms with Crippen LogP contribution in [0.4, 0.5) is 0 Å². The fourth-order valence-corrected chi connectivity index (χ4v) is 5.24. The second-order valence-electron chi connectivity index (χ2n) is 9.73. The minimum atomic E-state index is -1.24. The molecule has 3 atom stereocenters. The van der Waals surface area contributed by atoms with Gasteiger partial charge in [0.05, 0.1) is 0 Å². The minimum absolute atomic E-state index is 0.0181. The summed E-state index contributed by atoms with van der Waals surface area (Å²) in [6.07, 6.45) is 3.79. The topological polar surface area (TPSA) is 123 Å². The minimum Gasteiger partial charge on any atom is -0.489 e. The molecule has 3 N–H and O–H groups in total. The molecule has 0 radical (unpaired) electrons. The van der Waals surface area contributed by atoms with Crippen LogP contribution in [0.5, 0.6) is 5.75 Å². The van der Waals surface area contributed by atoms with Crippen molar-refractivity contribution in [2.75, 3.05) is 6.79 Å². The zero-order valence-corrected chi connectivity index (χ0v) is 22.9. The zero-order valence-electron chi connectivity index (χ0n) is 21.4. The number of halogens is 2. The van der Waals surface area contributed by atoms with E-state index in [-0.39, 0.29) is 25.9 Å². The Bertz CT molecular complexity index is 1130. The number of hydrogen-bond donors (Lipinski definition) is 3. The van der Waals surface area contributed by atoms with Gasteiger partial charge in [0, 0.05) is 28.1 Å². The molecule has 1 saturated heterocycles. The molecule has 0 bridgehead atoms. The zero-order chi connectivity index (χ0) is 27.8. The summed E-state index contributed by atoms with van der Waals surface area (Å²) in [7, 11) is 0. The number of carboxylic acids is 1. The van der Waals surface area contributed by atoms with Crippen LogP contribution in [0.25, 0.3) is 0 Å². The molecule has 4 rings (SSSR count). The number of benzene rings is 2. The highest BCUT2D eigenvalue weighted by Gasteiger charge is 2.42. The van der Waals surface area contributed by atoms with Crippen LogP contribution in [-0.4, -0.2) is 54.0 Å². The first kappa shape index (κ1) is 29.1. The van der Waals surface area contributed by atoms with Crippen molar-refractivity contribution in [3.8, 4) is 5.75 Å². The van der Waals surface area contributed by atoms with Crippen molar-refractivity contribution < 1.29 is 33.7 Å². The second-order valence-corrected chi connectivity index (χ2v) is 10.5. The highest BCUT2D eigenvalue weighted by molar-refractivity contribution is 6.35. The molecule has 2 aliphatic rings. The monoisotopic (exact) mass is 578 g/mol. The number of carbonyl (C=O) groups excluding carboxylic acids is 2. The third-order valence-corrected chi connectivity index (χ3v) is 7.62. The highest BCUT2D eigenvalue weighted by Crippen LogP contribution is 2.26. The molecule has 2 amide bonds.